The van der Waals surface area contributed by atoms with Gasteiger partial charge in [0.1, 0.15) is 0 Å². The molecule has 2 aromatic rings. The van der Waals surface area contributed by atoms with Crippen LogP contribution in [-0.2, 0) is 0 Å². The predicted octanol–water partition coefficient (Wildman–Crippen LogP) is 2.32. The van der Waals surface area contributed by atoms with E-state index in [0.29, 0.717) is 11.8 Å². The normalized spacial score (nSPS) is 25.3. The molecule has 0 radical (unpaired) electrons. The standard InChI is InChI=1S/C18H23N5/c1-22-9-11-23(12-10-22)21-18-19-8-7-17(20-18)16-13-15(16)14-5-3-2-4-6-14/h2-8,15-16H,9-13H2,1H3,(H,19,20,21)/t15-,16+/m0/s1. The second-order valence-electron chi connectivity index (χ2n) is 6.57. The first-order valence-electron chi connectivity index (χ1n) is 8.37. The molecule has 5 nitrogen and oxygen atoms in total. The fourth-order valence-corrected chi connectivity index (χ4v) is 3.28. The first-order valence-corrected chi connectivity index (χ1v) is 8.37. The second kappa shape index (κ2) is 6.26. The van der Waals surface area contributed by atoms with Crippen molar-refractivity contribution >= 4 is 5.95 Å². The number of likely N-dealkylation sites (N-methyl/N-ethyl adjacent to an activating group) is 1. The van der Waals surface area contributed by atoms with Crippen LogP contribution in [0.2, 0.25) is 0 Å². The molecule has 2 atom stereocenters. The Bertz CT molecular complexity index is 651. The average molecular weight is 309 g/mol. The molecular weight excluding hydrogens is 286 g/mol. The molecule has 0 bridgehead atoms. The largest absolute Gasteiger partial charge is 0.304 e. The van der Waals surface area contributed by atoms with E-state index in [0.717, 1.165) is 37.8 Å². The van der Waals surface area contributed by atoms with Crippen molar-refractivity contribution in [3.8, 4) is 0 Å². The van der Waals surface area contributed by atoms with Crippen LogP contribution < -0.4 is 5.43 Å². The van der Waals surface area contributed by atoms with E-state index in [1.54, 1.807) is 0 Å². The van der Waals surface area contributed by atoms with Gasteiger partial charge < -0.3 is 4.90 Å². The summed E-state index contributed by atoms with van der Waals surface area (Å²) in [5.74, 6) is 1.88. The van der Waals surface area contributed by atoms with Crippen LogP contribution in [-0.4, -0.2) is 53.1 Å². The summed E-state index contributed by atoms with van der Waals surface area (Å²) in [4.78, 5) is 11.5. The summed E-state index contributed by atoms with van der Waals surface area (Å²) in [5.41, 5.74) is 5.94. The number of anilines is 1. The predicted molar refractivity (Wildman–Crippen MR) is 91.3 cm³/mol. The van der Waals surface area contributed by atoms with Crippen LogP contribution >= 0.6 is 0 Å². The molecule has 1 saturated heterocycles. The minimum Gasteiger partial charge on any atom is -0.304 e. The fraction of sp³-hybridized carbons (Fsp3) is 0.444. The number of hydrazine groups is 1. The van der Waals surface area contributed by atoms with E-state index in [4.69, 9.17) is 4.98 Å². The monoisotopic (exact) mass is 309 g/mol. The van der Waals surface area contributed by atoms with Gasteiger partial charge in [-0.15, -0.1) is 0 Å². The quantitative estimate of drug-likeness (QED) is 0.939. The molecule has 1 aliphatic heterocycles. The molecular formula is C18H23N5. The highest BCUT2D eigenvalue weighted by Gasteiger charge is 2.40. The summed E-state index contributed by atoms with van der Waals surface area (Å²) >= 11 is 0. The Morgan fingerprint density at radius 3 is 2.57 bits per heavy atom. The summed E-state index contributed by atoms with van der Waals surface area (Å²) in [6.45, 7) is 4.15. The van der Waals surface area contributed by atoms with Crippen molar-refractivity contribution < 1.29 is 0 Å². The first-order chi connectivity index (χ1) is 11.3. The van der Waals surface area contributed by atoms with E-state index >= 15 is 0 Å². The topological polar surface area (TPSA) is 44.3 Å². The Hall–Kier alpha value is -1.98. The van der Waals surface area contributed by atoms with Gasteiger partial charge in [-0.1, -0.05) is 30.3 Å². The highest BCUT2D eigenvalue weighted by atomic mass is 15.6. The molecule has 1 N–H and O–H groups in total. The number of aromatic nitrogens is 2. The van der Waals surface area contributed by atoms with Gasteiger partial charge in [0.15, 0.2) is 0 Å². The third-order valence-electron chi connectivity index (χ3n) is 4.84. The molecule has 1 saturated carbocycles. The van der Waals surface area contributed by atoms with E-state index in [-0.39, 0.29) is 0 Å². The van der Waals surface area contributed by atoms with Crippen molar-refractivity contribution in [2.45, 2.75) is 18.3 Å². The minimum absolute atomic E-state index is 0.536. The van der Waals surface area contributed by atoms with E-state index in [2.05, 4.69) is 63.8 Å². The van der Waals surface area contributed by atoms with Crippen LogP contribution in [0.25, 0.3) is 0 Å². The Kier molecular flexibility index (Phi) is 3.97. The third-order valence-corrected chi connectivity index (χ3v) is 4.84. The fourth-order valence-electron chi connectivity index (χ4n) is 3.28. The summed E-state index contributed by atoms with van der Waals surface area (Å²) in [6.07, 6.45) is 3.07. The van der Waals surface area contributed by atoms with E-state index in [9.17, 15) is 0 Å². The zero-order valence-electron chi connectivity index (χ0n) is 13.5. The van der Waals surface area contributed by atoms with Crippen LogP contribution in [0.5, 0.6) is 0 Å². The van der Waals surface area contributed by atoms with Crippen LogP contribution in [0.1, 0.15) is 29.5 Å². The van der Waals surface area contributed by atoms with Crippen molar-refractivity contribution in [2.24, 2.45) is 0 Å². The number of hydrogen-bond donors (Lipinski definition) is 1. The molecule has 2 fully saturated rings. The molecule has 1 aromatic heterocycles. The summed E-state index contributed by atoms with van der Waals surface area (Å²) in [5, 5.41) is 2.21. The van der Waals surface area contributed by atoms with Crippen molar-refractivity contribution in [1.29, 1.82) is 0 Å². The highest BCUT2D eigenvalue weighted by Crippen LogP contribution is 2.53. The highest BCUT2D eigenvalue weighted by molar-refractivity contribution is 5.35. The van der Waals surface area contributed by atoms with Crippen molar-refractivity contribution in [3.05, 3.63) is 53.9 Å². The number of piperazine rings is 1. The molecule has 1 aromatic carbocycles. The van der Waals surface area contributed by atoms with Gasteiger partial charge in [0, 0.05) is 44.0 Å². The van der Waals surface area contributed by atoms with Crippen LogP contribution in [0, 0.1) is 0 Å². The average Bonchev–Trinajstić information content (AvgIpc) is 3.39. The smallest absolute Gasteiger partial charge is 0.237 e. The maximum absolute atomic E-state index is 4.75. The first kappa shape index (κ1) is 14.6. The molecule has 120 valence electrons. The number of benzene rings is 1. The van der Waals surface area contributed by atoms with E-state index < -0.39 is 0 Å². The SMILES string of the molecule is CN1CCN(Nc2nccc([C@@H]3C[C@H]3c3ccccc3)n2)CC1. The van der Waals surface area contributed by atoms with Gasteiger partial charge >= 0.3 is 0 Å². The second-order valence-corrected chi connectivity index (χ2v) is 6.57. The van der Waals surface area contributed by atoms with Gasteiger partial charge in [0.2, 0.25) is 5.95 Å². The summed E-state index contributed by atoms with van der Waals surface area (Å²) < 4.78 is 0. The summed E-state index contributed by atoms with van der Waals surface area (Å²) in [7, 11) is 2.16. The van der Waals surface area contributed by atoms with Crippen molar-refractivity contribution in [3.63, 3.8) is 0 Å². The Morgan fingerprint density at radius 2 is 1.78 bits per heavy atom. The van der Waals surface area contributed by atoms with E-state index in [1.807, 2.05) is 6.20 Å². The van der Waals surface area contributed by atoms with E-state index in [1.165, 1.54) is 12.0 Å². The Morgan fingerprint density at radius 1 is 1.00 bits per heavy atom. The zero-order valence-corrected chi connectivity index (χ0v) is 13.5. The number of nitrogens with zero attached hydrogens (tertiary/aromatic N) is 4. The maximum Gasteiger partial charge on any atom is 0.237 e. The van der Waals surface area contributed by atoms with Crippen LogP contribution in [0.15, 0.2) is 42.6 Å². The Labute approximate surface area is 137 Å². The van der Waals surface area contributed by atoms with Gasteiger partial charge in [0.25, 0.3) is 0 Å². The molecule has 4 rings (SSSR count). The lowest BCUT2D eigenvalue weighted by atomic mass is 10.1. The third kappa shape index (κ3) is 3.35. The van der Waals surface area contributed by atoms with Crippen LogP contribution in [0.3, 0.4) is 0 Å². The molecule has 23 heavy (non-hydrogen) atoms. The number of rotatable bonds is 4. The molecule has 2 heterocycles. The van der Waals surface area contributed by atoms with Gasteiger partial charge in [-0.25, -0.2) is 15.0 Å². The zero-order chi connectivity index (χ0) is 15.6. The molecule has 2 aliphatic rings. The lowest BCUT2D eigenvalue weighted by Crippen LogP contribution is -2.47. The van der Waals surface area contributed by atoms with Crippen molar-refractivity contribution in [1.82, 2.24) is 19.9 Å². The maximum atomic E-state index is 4.75. The van der Waals surface area contributed by atoms with Gasteiger partial charge in [-0.3, -0.25) is 5.43 Å². The van der Waals surface area contributed by atoms with Gasteiger partial charge in [0.05, 0.1) is 0 Å². The molecule has 5 heteroatoms. The summed E-state index contributed by atoms with van der Waals surface area (Å²) in [6, 6.07) is 12.8. The molecule has 0 amide bonds. The Balaban J connectivity index is 1.41. The van der Waals surface area contributed by atoms with Crippen LogP contribution in [0.4, 0.5) is 5.95 Å². The number of hydrogen-bond acceptors (Lipinski definition) is 5. The van der Waals surface area contributed by atoms with Crippen molar-refractivity contribution in [2.75, 3.05) is 38.7 Å². The molecule has 0 unspecified atom stereocenters. The minimum atomic E-state index is 0.536. The van der Waals surface area contributed by atoms with Gasteiger partial charge in [-0.2, -0.15) is 0 Å². The molecule has 1 aliphatic carbocycles. The lowest BCUT2D eigenvalue weighted by Gasteiger charge is -2.32. The number of nitrogens with one attached hydrogen (secondary N) is 1. The van der Waals surface area contributed by atoms with Gasteiger partial charge in [-0.05, 0) is 31.0 Å². The molecule has 0 spiro atoms. The lowest BCUT2D eigenvalue weighted by molar-refractivity contribution is 0.178.